The van der Waals surface area contributed by atoms with Gasteiger partial charge < -0.3 is 20.5 Å². The largest absolute Gasteiger partial charge is 0.390 e. The number of aliphatic hydroxyl groups is 1. The number of hydrogen-bond acceptors (Lipinski definition) is 4. The van der Waals surface area contributed by atoms with Crippen molar-refractivity contribution in [1.82, 2.24) is 4.90 Å². The van der Waals surface area contributed by atoms with E-state index in [4.69, 9.17) is 10.5 Å². The van der Waals surface area contributed by atoms with Crippen molar-refractivity contribution in [1.29, 1.82) is 0 Å². The Hall–Kier alpha value is -0.650. The smallest absolute Gasteiger partial charge is 0.229 e. The minimum absolute atomic E-state index is 0.0905. The van der Waals surface area contributed by atoms with Crippen LogP contribution in [0.25, 0.3) is 0 Å². The molecule has 3 unspecified atom stereocenters. The summed E-state index contributed by atoms with van der Waals surface area (Å²) in [5.74, 6) is -0.106. The van der Waals surface area contributed by atoms with Crippen LogP contribution < -0.4 is 5.73 Å². The summed E-state index contributed by atoms with van der Waals surface area (Å²) in [5.41, 5.74) is 5.22. The Bertz CT molecular complexity index is 293. The predicted molar refractivity (Wildman–Crippen MR) is 63.3 cm³/mol. The molecule has 0 spiro atoms. The topological polar surface area (TPSA) is 75.8 Å². The van der Waals surface area contributed by atoms with E-state index in [-0.39, 0.29) is 17.9 Å². The molecule has 2 saturated heterocycles. The lowest BCUT2D eigenvalue weighted by Gasteiger charge is -2.25. The molecule has 2 rings (SSSR count). The predicted octanol–water partition coefficient (Wildman–Crippen LogP) is -0.276. The van der Waals surface area contributed by atoms with Crippen molar-refractivity contribution >= 4 is 5.91 Å². The van der Waals surface area contributed by atoms with Crippen LogP contribution in [0.5, 0.6) is 0 Å². The molecule has 5 nitrogen and oxygen atoms in total. The highest BCUT2D eigenvalue weighted by atomic mass is 16.5. The van der Waals surface area contributed by atoms with Crippen molar-refractivity contribution in [2.75, 3.05) is 26.3 Å². The summed E-state index contributed by atoms with van der Waals surface area (Å²) >= 11 is 0. The number of rotatable bonds is 1. The molecule has 0 aromatic heterocycles. The van der Waals surface area contributed by atoms with Gasteiger partial charge in [0.25, 0.3) is 0 Å². The number of amides is 1. The van der Waals surface area contributed by atoms with Gasteiger partial charge in [-0.05, 0) is 26.2 Å². The summed E-state index contributed by atoms with van der Waals surface area (Å²) in [5, 5.41) is 9.98. The standard InChI is InChI=1S/C12H22N2O3/c1-12(16)3-2-5-14(6-4-12)11(15)9-7-17-8-10(9)13/h9-10,16H,2-8,13H2,1H3. The summed E-state index contributed by atoms with van der Waals surface area (Å²) in [6, 6.07) is -0.175. The Morgan fingerprint density at radius 3 is 2.82 bits per heavy atom. The lowest BCUT2D eigenvalue weighted by Crippen LogP contribution is -2.44. The molecule has 0 bridgehead atoms. The SMILES string of the molecule is CC1(O)CCCN(C(=O)C2COCC2N)CC1. The molecular weight excluding hydrogens is 220 g/mol. The van der Waals surface area contributed by atoms with E-state index in [9.17, 15) is 9.90 Å². The van der Waals surface area contributed by atoms with Crippen LogP contribution in [0.1, 0.15) is 26.2 Å². The maximum absolute atomic E-state index is 12.3. The zero-order chi connectivity index (χ0) is 12.5. The molecule has 3 atom stereocenters. The number of likely N-dealkylation sites (tertiary alicyclic amines) is 1. The van der Waals surface area contributed by atoms with Gasteiger partial charge in [-0.2, -0.15) is 0 Å². The van der Waals surface area contributed by atoms with Gasteiger partial charge in [-0.15, -0.1) is 0 Å². The van der Waals surface area contributed by atoms with Crippen LogP contribution >= 0.6 is 0 Å². The maximum Gasteiger partial charge on any atom is 0.229 e. The third kappa shape index (κ3) is 2.97. The molecule has 2 heterocycles. The van der Waals surface area contributed by atoms with Gasteiger partial charge in [0.1, 0.15) is 0 Å². The van der Waals surface area contributed by atoms with Gasteiger partial charge in [0.2, 0.25) is 5.91 Å². The lowest BCUT2D eigenvalue weighted by molar-refractivity contribution is -0.135. The third-order valence-electron chi connectivity index (χ3n) is 3.82. The van der Waals surface area contributed by atoms with Gasteiger partial charge in [0.05, 0.1) is 24.7 Å². The maximum atomic E-state index is 12.3. The first-order valence-corrected chi connectivity index (χ1v) is 6.34. The molecule has 0 radical (unpaired) electrons. The van der Waals surface area contributed by atoms with E-state index >= 15 is 0 Å². The average molecular weight is 242 g/mol. The zero-order valence-corrected chi connectivity index (χ0v) is 10.4. The second kappa shape index (κ2) is 4.92. The highest BCUT2D eigenvalue weighted by Gasteiger charge is 2.36. The van der Waals surface area contributed by atoms with Gasteiger partial charge in [-0.3, -0.25) is 4.79 Å². The first kappa shape index (κ1) is 12.8. The highest BCUT2D eigenvalue weighted by Crippen LogP contribution is 2.23. The summed E-state index contributed by atoms with van der Waals surface area (Å²) in [4.78, 5) is 14.1. The molecule has 17 heavy (non-hydrogen) atoms. The second-order valence-electron chi connectivity index (χ2n) is 5.48. The third-order valence-corrected chi connectivity index (χ3v) is 3.82. The van der Waals surface area contributed by atoms with Crippen molar-refractivity contribution < 1.29 is 14.6 Å². The molecule has 0 aromatic carbocycles. The Balaban J connectivity index is 1.95. The monoisotopic (exact) mass is 242 g/mol. The molecule has 1 amide bonds. The van der Waals surface area contributed by atoms with E-state index in [1.54, 1.807) is 0 Å². The molecule has 3 N–H and O–H groups in total. The number of carbonyl (C=O) groups is 1. The Kier molecular flexibility index (Phi) is 3.70. The van der Waals surface area contributed by atoms with Crippen LogP contribution in [0.4, 0.5) is 0 Å². The number of nitrogens with two attached hydrogens (primary N) is 1. The summed E-state index contributed by atoms with van der Waals surface area (Å²) in [6.07, 6.45) is 2.24. The van der Waals surface area contributed by atoms with Gasteiger partial charge in [0.15, 0.2) is 0 Å². The van der Waals surface area contributed by atoms with E-state index in [2.05, 4.69) is 0 Å². The van der Waals surface area contributed by atoms with Crippen molar-refractivity contribution in [3.8, 4) is 0 Å². The minimum Gasteiger partial charge on any atom is -0.390 e. The van der Waals surface area contributed by atoms with Crippen LogP contribution in [0.2, 0.25) is 0 Å². The highest BCUT2D eigenvalue weighted by molar-refractivity contribution is 5.80. The van der Waals surface area contributed by atoms with E-state index < -0.39 is 5.60 Å². The van der Waals surface area contributed by atoms with E-state index in [0.29, 0.717) is 26.2 Å². The van der Waals surface area contributed by atoms with Crippen molar-refractivity contribution in [2.24, 2.45) is 11.7 Å². The fourth-order valence-electron chi connectivity index (χ4n) is 2.54. The van der Waals surface area contributed by atoms with Crippen molar-refractivity contribution in [2.45, 2.75) is 37.8 Å². The number of hydrogen-bond donors (Lipinski definition) is 2. The molecule has 2 aliphatic heterocycles. The van der Waals surface area contributed by atoms with Crippen LogP contribution in [-0.2, 0) is 9.53 Å². The molecule has 0 aromatic rings. The summed E-state index contributed by atoms with van der Waals surface area (Å²) in [6.45, 7) is 4.09. The number of carbonyl (C=O) groups excluding carboxylic acids is 1. The van der Waals surface area contributed by atoms with Crippen molar-refractivity contribution in [3.63, 3.8) is 0 Å². The molecule has 98 valence electrons. The summed E-state index contributed by atoms with van der Waals surface area (Å²) < 4.78 is 5.23. The Morgan fingerprint density at radius 2 is 2.18 bits per heavy atom. The van der Waals surface area contributed by atoms with Gasteiger partial charge in [0, 0.05) is 19.1 Å². The zero-order valence-electron chi connectivity index (χ0n) is 10.4. The van der Waals surface area contributed by atoms with Crippen LogP contribution in [0, 0.1) is 5.92 Å². The van der Waals surface area contributed by atoms with E-state index in [0.717, 1.165) is 19.4 Å². The first-order valence-electron chi connectivity index (χ1n) is 6.34. The normalized spacial score (nSPS) is 39.1. The molecule has 0 aliphatic carbocycles. The Morgan fingerprint density at radius 1 is 1.41 bits per heavy atom. The lowest BCUT2D eigenvalue weighted by atomic mass is 9.98. The van der Waals surface area contributed by atoms with E-state index in [1.807, 2.05) is 11.8 Å². The number of ether oxygens (including phenoxy) is 1. The first-order chi connectivity index (χ1) is 7.99. The second-order valence-corrected chi connectivity index (χ2v) is 5.48. The van der Waals surface area contributed by atoms with Crippen LogP contribution in [0.3, 0.4) is 0 Å². The minimum atomic E-state index is -0.636. The fraction of sp³-hybridized carbons (Fsp3) is 0.917. The van der Waals surface area contributed by atoms with Gasteiger partial charge in [-0.25, -0.2) is 0 Å². The molecular formula is C12H22N2O3. The van der Waals surface area contributed by atoms with Gasteiger partial charge in [-0.1, -0.05) is 0 Å². The summed E-state index contributed by atoms with van der Waals surface area (Å²) in [7, 11) is 0. The molecule has 0 saturated carbocycles. The fourth-order valence-corrected chi connectivity index (χ4v) is 2.54. The van der Waals surface area contributed by atoms with Gasteiger partial charge >= 0.3 is 0 Å². The molecule has 5 heteroatoms. The quantitative estimate of drug-likeness (QED) is 0.663. The van der Waals surface area contributed by atoms with Crippen LogP contribution in [0.15, 0.2) is 0 Å². The number of nitrogens with zero attached hydrogens (tertiary/aromatic N) is 1. The Labute approximate surface area is 102 Å². The van der Waals surface area contributed by atoms with Crippen LogP contribution in [-0.4, -0.2) is 53.9 Å². The van der Waals surface area contributed by atoms with Crippen molar-refractivity contribution in [3.05, 3.63) is 0 Å². The molecule has 2 fully saturated rings. The molecule has 2 aliphatic rings. The average Bonchev–Trinajstić information content (AvgIpc) is 2.59. The van der Waals surface area contributed by atoms with E-state index in [1.165, 1.54) is 0 Å².